The third-order valence-electron chi connectivity index (χ3n) is 1.85. The highest BCUT2D eigenvalue weighted by Gasteiger charge is 2.21. The molecule has 3 heteroatoms. The van der Waals surface area contributed by atoms with Crippen LogP contribution in [-0.2, 0) is 9.47 Å². The van der Waals surface area contributed by atoms with E-state index < -0.39 is 0 Å². The van der Waals surface area contributed by atoms with Crippen LogP contribution in [0.25, 0.3) is 0 Å². The lowest BCUT2D eigenvalue weighted by atomic mass is 10.0. The number of rotatable bonds is 2. The zero-order valence-electron chi connectivity index (χ0n) is 6.25. The summed E-state index contributed by atoms with van der Waals surface area (Å²) in [5.41, 5.74) is 0. The van der Waals surface area contributed by atoms with Gasteiger partial charge in [0.1, 0.15) is 0 Å². The predicted octanol–water partition coefficient (Wildman–Crippen LogP) is 0.0302. The van der Waals surface area contributed by atoms with Crippen molar-refractivity contribution >= 4 is 0 Å². The molecule has 3 nitrogen and oxygen atoms in total. The molecule has 0 radical (unpaired) electrons. The third-order valence-corrected chi connectivity index (χ3v) is 1.85. The molecule has 2 atom stereocenters. The van der Waals surface area contributed by atoms with Crippen molar-refractivity contribution in [2.24, 2.45) is 5.92 Å². The third kappa shape index (κ3) is 1.94. The van der Waals surface area contributed by atoms with E-state index in [9.17, 15) is 0 Å². The molecule has 0 aromatic heterocycles. The van der Waals surface area contributed by atoms with Gasteiger partial charge in [0.2, 0.25) is 0 Å². The molecular formula is C7H14O3. The Morgan fingerprint density at radius 3 is 3.00 bits per heavy atom. The lowest BCUT2D eigenvalue weighted by Crippen LogP contribution is -2.32. The average molecular weight is 146 g/mol. The molecule has 0 bridgehead atoms. The first kappa shape index (κ1) is 7.98. The highest BCUT2D eigenvalue weighted by atomic mass is 16.5. The average Bonchev–Trinajstić information content (AvgIpc) is 2.05. The Morgan fingerprint density at radius 2 is 2.40 bits per heavy atom. The maximum Gasteiger partial charge on any atom is 0.0809 e. The van der Waals surface area contributed by atoms with E-state index in [-0.39, 0.29) is 18.6 Å². The molecule has 10 heavy (non-hydrogen) atoms. The van der Waals surface area contributed by atoms with Crippen LogP contribution in [0, 0.1) is 5.92 Å². The van der Waals surface area contributed by atoms with E-state index in [2.05, 4.69) is 0 Å². The Morgan fingerprint density at radius 1 is 1.60 bits per heavy atom. The molecule has 60 valence electrons. The summed E-state index contributed by atoms with van der Waals surface area (Å²) < 4.78 is 10.3. The lowest BCUT2D eigenvalue weighted by molar-refractivity contribution is -0.0657. The molecule has 1 heterocycles. The number of ether oxygens (including phenoxy) is 2. The van der Waals surface area contributed by atoms with Crippen molar-refractivity contribution in [1.82, 2.24) is 0 Å². The fourth-order valence-corrected chi connectivity index (χ4v) is 1.17. The van der Waals surface area contributed by atoms with Gasteiger partial charge < -0.3 is 14.6 Å². The molecule has 2 unspecified atom stereocenters. The first-order chi connectivity index (χ1) is 4.86. The first-order valence-corrected chi connectivity index (χ1v) is 3.58. The largest absolute Gasteiger partial charge is 0.396 e. The van der Waals surface area contributed by atoms with Crippen LogP contribution in [0.2, 0.25) is 0 Å². The van der Waals surface area contributed by atoms with Crippen LogP contribution in [0.1, 0.15) is 6.42 Å². The molecule has 0 aliphatic carbocycles. The summed E-state index contributed by atoms with van der Waals surface area (Å²) in [5, 5.41) is 8.77. The van der Waals surface area contributed by atoms with E-state index in [0.29, 0.717) is 13.2 Å². The molecule has 1 fully saturated rings. The van der Waals surface area contributed by atoms with E-state index in [4.69, 9.17) is 14.6 Å². The quantitative estimate of drug-likeness (QED) is 0.597. The standard InChI is InChI=1S/C7H14O3/c1-9-7-2-6(3-8)4-10-5-7/h6-8H,2-5H2,1H3. The summed E-state index contributed by atoms with van der Waals surface area (Å²) in [6, 6.07) is 0. The number of aliphatic hydroxyl groups is 1. The molecule has 1 N–H and O–H groups in total. The SMILES string of the molecule is COC1COCC(CO)C1. The highest BCUT2D eigenvalue weighted by Crippen LogP contribution is 2.15. The number of hydrogen-bond acceptors (Lipinski definition) is 3. The fraction of sp³-hybridized carbons (Fsp3) is 1.00. The molecule has 1 aliphatic heterocycles. The normalized spacial score (nSPS) is 34.2. The van der Waals surface area contributed by atoms with Crippen molar-refractivity contribution in [3.8, 4) is 0 Å². The molecule has 1 saturated heterocycles. The van der Waals surface area contributed by atoms with Crippen molar-refractivity contribution < 1.29 is 14.6 Å². The minimum Gasteiger partial charge on any atom is -0.396 e. The van der Waals surface area contributed by atoms with Gasteiger partial charge in [0.05, 0.1) is 19.3 Å². The first-order valence-electron chi connectivity index (χ1n) is 3.58. The summed E-state index contributed by atoms with van der Waals surface area (Å²) in [6.45, 7) is 1.56. The zero-order valence-corrected chi connectivity index (χ0v) is 6.25. The topological polar surface area (TPSA) is 38.7 Å². The smallest absolute Gasteiger partial charge is 0.0809 e. The summed E-state index contributed by atoms with van der Waals surface area (Å²) in [6.07, 6.45) is 1.11. The number of hydrogen-bond donors (Lipinski definition) is 1. The molecule has 0 amide bonds. The molecular weight excluding hydrogens is 132 g/mol. The minimum absolute atomic E-state index is 0.186. The van der Waals surface area contributed by atoms with Crippen LogP contribution >= 0.6 is 0 Å². The van der Waals surface area contributed by atoms with Crippen molar-refractivity contribution in [1.29, 1.82) is 0 Å². The van der Waals surface area contributed by atoms with Crippen molar-refractivity contribution in [3.05, 3.63) is 0 Å². The maximum absolute atomic E-state index is 8.77. The molecule has 0 aromatic rings. The minimum atomic E-state index is 0.186. The molecule has 0 saturated carbocycles. The van der Waals surface area contributed by atoms with Crippen LogP contribution in [0.15, 0.2) is 0 Å². The van der Waals surface area contributed by atoms with Gasteiger partial charge in [-0.3, -0.25) is 0 Å². The van der Waals surface area contributed by atoms with Gasteiger partial charge in [-0.05, 0) is 6.42 Å². The van der Waals surface area contributed by atoms with Crippen molar-refractivity contribution in [2.45, 2.75) is 12.5 Å². The second-order valence-corrected chi connectivity index (χ2v) is 2.68. The van der Waals surface area contributed by atoms with Crippen LogP contribution < -0.4 is 0 Å². The zero-order chi connectivity index (χ0) is 7.40. The van der Waals surface area contributed by atoms with Crippen molar-refractivity contribution in [2.75, 3.05) is 26.9 Å². The van der Waals surface area contributed by atoms with Crippen molar-refractivity contribution in [3.63, 3.8) is 0 Å². The Balaban J connectivity index is 2.25. The highest BCUT2D eigenvalue weighted by molar-refractivity contribution is 4.69. The van der Waals surface area contributed by atoms with E-state index in [0.717, 1.165) is 6.42 Å². The summed E-state index contributed by atoms with van der Waals surface area (Å²) in [4.78, 5) is 0. The number of aliphatic hydroxyl groups excluding tert-OH is 1. The van der Waals surface area contributed by atoms with E-state index in [1.54, 1.807) is 7.11 Å². The predicted molar refractivity (Wildman–Crippen MR) is 36.8 cm³/mol. The molecule has 1 aliphatic rings. The summed E-state index contributed by atoms with van der Waals surface area (Å²) >= 11 is 0. The Labute approximate surface area is 60.9 Å². The van der Waals surface area contributed by atoms with Gasteiger partial charge in [-0.25, -0.2) is 0 Å². The van der Waals surface area contributed by atoms with Crippen LogP contribution in [0.3, 0.4) is 0 Å². The van der Waals surface area contributed by atoms with Gasteiger partial charge in [0, 0.05) is 19.6 Å². The second kappa shape index (κ2) is 3.91. The van der Waals surface area contributed by atoms with E-state index in [1.165, 1.54) is 0 Å². The summed E-state index contributed by atoms with van der Waals surface area (Å²) in [7, 11) is 1.67. The molecule has 0 aromatic carbocycles. The van der Waals surface area contributed by atoms with Gasteiger partial charge in [-0.2, -0.15) is 0 Å². The summed E-state index contributed by atoms with van der Waals surface area (Å²) in [5.74, 6) is 0.277. The van der Waals surface area contributed by atoms with Gasteiger partial charge in [-0.1, -0.05) is 0 Å². The van der Waals surface area contributed by atoms with E-state index >= 15 is 0 Å². The van der Waals surface area contributed by atoms with Gasteiger partial charge in [-0.15, -0.1) is 0 Å². The molecule has 0 spiro atoms. The van der Waals surface area contributed by atoms with Crippen LogP contribution in [-0.4, -0.2) is 38.1 Å². The monoisotopic (exact) mass is 146 g/mol. The van der Waals surface area contributed by atoms with Crippen LogP contribution in [0.4, 0.5) is 0 Å². The second-order valence-electron chi connectivity index (χ2n) is 2.68. The lowest BCUT2D eigenvalue weighted by Gasteiger charge is -2.26. The maximum atomic E-state index is 8.77. The Hall–Kier alpha value is -0.120. The Bertz CT molecular complexity index is 84.9. The fourth-order valence-electron chi connectivity index (χ4n) is 1.17. The van der Waals surface area contributed by atoms with Gasteiger partial charge >= 0.3 is 0 Å². The van der Waals surface area contributed by atoms with Gasteiger partial charge in [0.15, 0.2) is 0 Å². The Kier molecular flexibility index (Phi) is 3.12. The van der Waals surface area contributed by atoms with Crippen LogP contribution in [0.5, 0.6) is 0 Å². The van der Waals surface area contributed by atoms with Gasteiger partial charge in [0.25, 0.3) is 0 Å². The van der Waals surface area contributed by atoms with E-state index in [1.807, 2.05) is 0 Å². The molecule has 1 rings (SSSR count). The number of methoxy groups -OCH3 is 1.